The van der Waals surface area contributed by atoms with Crippen LogP contribution in [0.15, 0.2) is 43.1 Å². The minimum atomic E-state index is -4.49. The van der Waals surface area contributed by atoms with Gasteiger partial charge in [-0.3, -0.25) is 14.6 Å². The van der Waals surface area contributed by atoms with Crippen molar-refractivity contribution in [1.82, 2.24) is 15.3 Å². The number of carbonyl (C=O) groups excluding carboxylic acids is 2. The molecule has 0 saturated heterocycles. The lowest BCUT2D eigenvalue weighted by Crippen LogP contribution is -2.40. The van der Waals surface area contributed by atoms with Gasteiger partial charge < -0.3 is 5.32 Å². The summed E-state index contributed by atoms with van der Waals surface area (Å²) in [6.45, 7) is 31.5. The zero-order chi connectivity index (χ0) is 48.3. The normalized spacial score (nSPS) is 13.1. The van der Waals surface area contributed by atoms with Gasteiger partial charge in [0.15, 0.2) is 0 Å². The first-order valence-electron chi connectivity index (χ1n) is 23.4. The van der Waals surface area contributed by atoms with Gasteiger partial charge in [0, 0.05) is 58.8 Å². The Morgan fingerprint density at radius 3 is 1.76 bits per heavy atom. The number of nitrogens with zero attached hydrogens (tertiary/aromatic N) is 2. The van der Waals surface area contributed by atoms with Gasteiger partial charge in [-0.15, -0.1) is 0 Å². The summed E-state index contributed by atoms with van der Waals surface area (Å²) in [5.41, 5.74) is 8.08. The van der Waals surface area contributed by atoms with Crippen molar-refractivity contribution in [3.63, 3.8) is 0 Å². The van der Waals surface area contributed by atoms with E-state index in [0.717, 1.165) is 87.6 Å². The molecule has 0 bridgehead atoms. The molecule has 63 heavy (non-hydrogen) atoms. The molecule has 1 saturated carbocycles. The van der Waals surface area contributed by atoms with Crippen molar-refractivity contribution in [2.24, 2.45) is 17.3 Å². The number of hydrogen-bond acceptors (Lipinski definition) is 4. The van der Waals surface area contributed by atoms with Gasteiger partial charge in [0.05, 0.1) is 5.69 Å². The number of rotatable bonds is 18. The van der Waals surface area contributed by atoms with Gasteiger partial charge in [-0.25, -0.2) is 13.8 Å². The molecule has 1 N–H and O–H groups in total. The van der Waals surface area contributed by atoms with E-state index < -0.39 is 23.2 Å². The van der Waals surface area contributed by atoms with E-state index in [4.69, 9.17) is 0 Å². The molecule has 10 heteroatoms. The van der Waals surface area contributed by atoms with Crippen LogP contribution in [0.2, 0.25) is 0 Å². The topological polar surface area (TPSA) is 72.0 Å². The van der Waals surface area contributed by atoms with Gasteiger partial charge in [-0.2, -0.15) is 13.2 Å². The van der Waals surface area contributed by atoms with Gasteiger partial charge in [0.25, 0.3) is 0 Å². The number of benzene rings is 1. The van der Waals surface area contributed by atoms with Crippen molar-refractivity contribution in [3.05, 3.63) is 88.0 Å². The Labute approximate surface area is 378 Å². The number of ketones is 1. The van der Waals surface area contributed by atoms with E-state index in [1.54, 1.807) is 0 Å². The zero-order valence-electron chi connectivity index (χ0n) is 41.2. The van der Waals surface area contributed by atoms with Crippen molar-refractivity contribution in [1.29, 1.82) is 0 Å². The fraction of sp³-hybridized carbons (Fsp3) is 0.623. The highest BCUT2D eigenvalue weighted by molar-refractivity contribution is 5.91. The average Bonchev–Trinajstić information content (AvgIpc) is 4.06. The number of Topliss-reactive ketones (excluding diaryl/α,β-unsaturated/α-hetero) is 1. The van der Waals surface area contributed by atoms with Crippen molar-refractivity contribution in [2.75, 3.05) is 0 Å². The van der Waals surface area contributed by atoms with Crippen LogP contribution in [0.1, 0.15) is 197 Å². The maximum Gasteiger partial charge on any atom is 0.433 e. The minimum Gasteiger partial charge on any atom is -0.326 e. The summed E-state index contributed by atoms with van der Waals surface area (Å²) >= 11 is 0. The van der Waals surface area contributed by atoms with Gasteiger partial charge in [-0.05, 0) is 125 Å². The quantitative estimate of drug-likeness (QED) is 0.129. The second-order valence-corrected chi connectivity index (χ2v) is 18.1. The van der Waals surface area contributed by atoms with Gasteiger partial charge in [-0.1, -0.05) is 113 Å². The summed E-state index contributed by atoms with van der Waals surface area (Å²) in [5.74, 6) is -1.59. The Morgan fingerprint density at radius 2 is 1.35 bits per heavy atom. The summed E-state index contributed by atoms with van der Waals surface area (Å²) in [5, 5.41) is 2.98. The fourth-order valence-corrected chi connectivity index (χ4v) is 7.09. The number of aryl methyl sites for hydroxylation is 4. The lowest BCUT2D eigenvalue weighted by molar-refractivity contribution is -0.141. The van der Waals surface area contributed by atoms with Crippen LogP contribution >= 0.6 is 0 Å². The van der Waals surface area contributed by atoms with E-state index in [9.17, 15) is 31.5 Å². The minimum absolute atomic E-state index is 0.00685. The summed E-state index contributed by atoms with van der Waals surface area (Å²) in [6, 6.07) is 8.85. The largest absolute Gasteiger partial charge is 0.433 e. The molecule has 2 aromatic heterocycles. The summed E-state index contributed by atoms with van der Waals surface area (Å²) in [4.78, 5) is 33.8. The monoisotopic (exact) mass is 886 g/mol. The molecule has 0 radical (unpaired) electrons. The number of unbranched alkanes of at least 4 members (excludes halogenated alkanes) is 1. The highest BCUT2D eigenvalue weighted by Crippen LogP contribution is 2.44. The molecule has 0 aliphatic heterocycles. The van der Waals surface area contributed by atoms with Crippen molar-refractivity contribution in [3.8, 4) is 11.1 Å². The number of pyridine rings is 2. The first-order chi connectivity index (χ1) is 29.3. The van der Waals surface area contributed by atoms with Crippen LogP contribution in [0.4, 0.5) is 22.0 Å². The number of halogens is 5. The SMILES string of the molecule is C=C(NC(=O)C(CCC)(CCC)CCC(C)CC)c1ccc(C(F)(F)F)nc1C1CC1.CCC(C)(F)F.CCCC.Cc1cc(-c2c(C)cc(CC(=O)C(C)C)cc2C)cnc1C. The number of aromatic nitrogens is 2. The lowest BCUT2D eigenvalue weighted by Gasteiger charge is -2.33. The predicted octanol–water partition coefficient (Wildman–Crippen LogP) is 16.1. The van der Waals surface area contributed by atoms with Crippen LogP contribution in [0.3, 0.4) is 0 Å². The third-order valence-corrected chi connectivity index (χ3v) is 11.9. The molecule has 1 fully saturated rings. The highest BCUT2D eigenvalue weighted by atomic mass is 19.4. The van der Waals surface area contributed by atoms with E-state index in [0.29, 0.717) is 35.1 Å². The standard InChI is InChI=1S/C25H37F3N2O.C20H25NO.C4H8F2.C4H10/c1-6-14-24(15-7-2,16-13-17(4)8-3)23(31)29-18(5)20-11-12-21(25(26,27)28)30-22(20)19-9-10-19;1-12(2)19(22)10-17-7-14(4)20(15(5)8-17)18-9-13(3)16(6)21-11-18;1-3-4(2,5)6;1-3-4-2/h11-12,17,19H,5-10,13-16H2,1-4H3,(H,29,31);7-9,11-12H,10H2,1-6H3;3H2,1-2H3;3-4H2,1-2H3. The average molecular weight is 886 g/mol. The molecule has 1 aliphatic rings. The summed E-state index contributed by atoms with van der Waals surface area (Å²) in [6.07, 6.45) is 8.41. The van der Waals surface area contributed by atoms with Crippen LogP contribution in [0.25, 0.3) is 16.8 Å². The zero-order valence-corrected chi connectivity index (χ0v) is 41.2. The molecule has 1 unspecified atom stereocenters. The Kier molecular flexibility index (Phi) is 24.2. The Morgan fingerprint density at radius 1 is 0.810 bits per heavy atom. The first-order valence-corrected chi connectivity index (χ1v) is 23.4. The molecule has 354 valence electrons. The van der Waals surface area contributed by atoms with Crippen molar-refractivity contribution >= 4 is 17.4 Å². The van der Waals surface area contributed by atoms with Crippen molar-refractivity contribution < 1.29 is 31.5 Å². The van der Waals surface area contributed by atoms with Crippen LogP contribution in [-0.4, -0.2) is 27.6 Å². The lowest BCUT2D eigenvalue weighted by atomic mass is 9.73. The van der Waals surface area contributed by atoms with Gasteiger partial charge in [0.1, 0.15) is 11.5 Å². The predicted molar refractivity (Wildman–Crippen MR) is 253 cm³/mol. The molecule has 1 aliphatic carbocycles. The molecule has 1 amide bonds. The molecule has 0 spiro atoms. The molecule has 1 aromatic carbocycles. The van der Waals surface area contributed by atoms with Crippen LogP contribution in [-0.2, 0) is 22.2 Å². The highest BCUT2D eigenvalue weighted by Gasteiger charge is 2.39. The molecular formula is C53H80F5N3O2. The van der Waals surface area contributed by atoms with E-state index in [1.807, 2.05) is 27.0 Å². The van der Waals surface area contributed by atoms with Gasteiger partial charge >= 0.3 is 6.18 Å². The van der Waals surface area contributed by atoms with E-state index >= 15 is 0 Å². The van der Waals surface area contributed by atoms with E-state index in [-0.39, 0.29) is 24.2 Å². The third kappa shape index (κ3) is 19.4. The Bertz CT molecular complexity index is 1860. The van der Waals surface area contributed by atoms with Crippen molar-refractivity contribution in [2.45, 2.75) is 198 Å². The van der Waals surface area contributed by atoms with Gasteiger partial charge in [0.2, 0.25) is 11.8 Å². The second-order valence-electron chi connectivity index (χ2n) is 18.1. The smallest absolute Gasteiger partial charge is 0.326 e. The Hall–Kier alpha value is -3.95. The number of amides is 1. The molecular weight excluding hydrogens is 806 g/mol. The van der Waals surface area contributed by atoms with E-state index in [1.165, 1.54) is 48.1 Å². The maximum absolute atomic E-state index is 13.5. The summed E-state index contributed by atoms with van der Waals surface area (Å²) < 4.78 is 62.3. The first kappa shape index (κ1) is 57.1. The van der Waals surface area contributed by atoms with Crippen LogP contribution in [0, 0.1) is 44.9 Å². The Balaban J connectivity index is 0.000000535. The maximum atomic E-state index is 13.5. The number of alkyl halides is 5. The molecule has 3 aromatic rings. The second kappa shape index (κ2) is 26.7. The molecule has 2 heterocycles. The fourth-order valence-electron chi connectivity index (χ4n) is 7.09. The van der Waals surface area contributed by atoms with E-state index in [2.05, 4.69) is 102 Å². The van der Waals surface area contributed by atoms with Crippen LogP contribution in [0.5, 0.6) is 0 Å². The molecule has 4 rings (SSSR count). The number of nitrogens with one attached hydrogen (secondary N) is 1. The molecule has 1 atom stereocenters. The number of hydrogen-bond donors (Lipinski definition) is 1. The number of carbonyl (C=O) groups is 2. The van der Waals surface area contributed by atoms with Crippen LogP contribution < -0.4 is 5.32 Å². The third-order valence-electron chi connectivity index (χ3n) is 11.9. The summed E-state index contributed by atoms with van der Waals surface area (Å²) in [7, 11) is 0. The molecule has 5 nitrogen and oxygen atoms in total.